The van der Waals surface area contributed by atoms with Crippen LogP contribution < -0.4 is 0 Å². The highest BCUT2D eigenvalue weighted by Crippen LogP contribution is 2.31. The maximum atomic E-state index is 9.23. The Hall–Kier alpha value is -0.240. The molecule has 4 N–H and O–H groups in total. The Morgan fingerprint density at radius 3 is 1.25 bits per heavy atom. The fourth-order valence-electron chi connectivity index (χ4n) is 1.12. The van der Waals surface area contributed by atoms with Crippen LogP contribution in [-0.4, -0.2) is 57.4 Å². The van der Waals surface area contributed by atoms with E-state index in [2.05, 4.69) is 9.47 Å². The van der Waals surface area contributed by atoms with E-state index in [0.29, 0.717) is 0 Å². The summed E-state index contributed by atoms with van der Waals surface area (Å²) in [6, 6.07) is 0. The molecule has 0 bridgehead atoms. The molecule has 0 aromatic carbocycles. The molecule has 0 aromatic heterocycles. The van der Waals surface area contributed by atoms with Crippen LogP contribution in [0.25, 0.3) is 0 Å². The summed E-state index contributed by atoms with van der Waals surface area (Å²) < 4.78 is 9.04. The van der Waals surface area contributed by atoms with Crippen molar-refractivity contribution in [3.05, 3.63) is 0 Å². The largest absolute Gasteiger partial charge is 0.387 e. The molecule has 0 aromatic rings. The number of aliphatic hydroxyl groups excluding tert-OH is 4. The van der Waals surface area contributed by atoms with Gasteiger partial charge in [0.25, 0.3) is 0 Å². The lowest BCUT2D eigenvalue weighted by Gasteiger charge is -2.12. The molecule has 2 aliphatic rings. The van der Waals surface area contributed by atoms with E-state index in [1.807, 2.05) is 0 Å². The third-order valence-electron chi connectivity index (χ3n) is 2.03. The summed E-state index contributed by atoms with van der Waals surface area (Å²) in [5.74, 6) is 0. The first kappa shape index (κ1) is 8.36. The fraction of sp³-hybridized carbons (Fsp3) is 1.00. The molecular formula is C6H10O6. The number of hydrogen-bond donors (Lipinski definition) is 4. The maximum Gasteiger partial charge on any atom is 0.184 e. The summed E-state index contributed by atoms with van der Waals surface area (Å²) in [6.45, 7) is 0. The van der Waals surface area contributed by atoms with Gasteiger partial charge in [0, 0.05) is 0 Å². The Morgan fingerprint density at radius 1 is 0.833 bits per heavy atom. The lowest BCUT2D eigenvalue weighted by atomic mass is 10.1. The van der Waals surface area contributed by atoms with Gasteiger partial charge in [0.05, 0.1) is 0 Å². The van der Waals surface area contributed by atoms with E-state index in [4.69, 9.17) is 10.2 Å². The number of hydrogen-bond acceptors (Lipinski definition) is 6. The SMILES string of the molecule is OC1OC1C(O)C(O)C1OC1O. The van der Waals surface area contributed by atoms with E-state index in [0.717, 1.165) is 0 Å². The number of epoxide rings is 2. The van der Waals surface area contributed by atoms with Crippen LogP contribution in [0.4, 0.5) is 0 Å². The summed E-state index contributed by atoms with van der Waals surface area (Å²) in [7, 11) is 0. The molecule has 70 valence electrons. The van der Waals surface area contributed by atoms with Gasteiger partial charge in [0.1, 0.15) is 24.4 Å². The van der Waals surface area contributed by atoms with Crippen LogP contribution in [0.5, 0.6) is 0 Å². The van der Waals surface area contributed by atoms with Crippen LogP contribution >= 0.6 is 0 Å². The minimum absolute atomic E-state index is 0.753. The van der Waals surface area contributed by atoms with Crippen molar-refractivity contribution in [1.29, 1.82) is 0 Å². The first-order valence-corrected chi connectivity index (χ1v) is 3.64. The van der Waals surface area contributed by atoms with Crippen molar-refractivity contribution in [3.63, 3.8) is 0 Å². The smallest absolute Gasteiger partial charge is 0.184 e. The van der Waals surface area contributed by atoms with E-state index < -0.39 is 37.0 Å². The molecule has 12 heavy (non-hydrogen) atoms. The molecule has 6 unspecified atom stereocenters. The minimum Gasteiger partial charge on any atom is -0.387 e. The summed E-state index contributed by atoms with van der Waals surface area (Å²) in [5, 5.41) is 35.9. The Kier molecular flexibility index (Phi) is 1.83. The molecule has 0 saturated carbocycles. The van der Waals surface area contributed by atoms with E-state index in [1.165, 1.54) is 0 Å². The monoisotopic (exact) mass is 178 g/mol. The van der Waals surface area contributed by atoms with Crippen LogP contribution in [0.2, 0.25) is 0 Å². The van der Waals surface area contributed by atoms with Gasteiger partial charge in [-0.3, -0.25) is 0 Å². The highest BCUT2D eigenvalue weighted by atomic mass is 16.7. The summed E-state index contributed by atoms with van der Waals surface area (Å²) >= 11 is 0. The molecule has 6 heteroatoms. The summed E-state index contributed by atoms with van der Waals surface area (Å²) in [4.78, 5) is 0. The van der Waals surface area contributed by atoms with Crippen molar-refractivity contribution in [2.75, 3.05) is 0 Å². The number of rotatable bonds is 3. The molecule has 0 amide bonds. The molecular weight excluding hydrogens is 168 g/mol. The van der Waals surface area contributed by atoms with Crippen molar-refractivity contribution in [3.8, 4) is 0 Å². The van der Waals surface area contributed by atoms with Crippen LogP contribution in [0.15, 0.2) is 0 Å². The Bertz CT molecular complexity index is 165. The molecule has 0 radical (unpaired) electrons. The zero-order valence-corrected chi connectivity index (χ0v) is 6.07. The fourth-order valence-corrected chi connectivity index (χ4v) is 1.12. The molecule has 2 rings (SSSR count). The van der Waals surface area contributed by atoms with Crippen LogP contribution in [-0.2, 0) is 9.47 Å². The third-order valence-corrected chi connectivity index (χ3v) is 2.03. The average molecular weight is 178 g/mol. The lowest BCUT2D eigenvalue weighted by Crippen LogP contribution is -2.37. The predicted octanol–water partition coefficient (Wildman–Crippen LogP) is -2.86. The van der Waals surface area contributed by atoms with Crippen molar-refractivity contribution in [2.45, 2.75) is 37.0 Å². The van der Waals surface area contributed by atoms with E-state index in [-0.39, 0.29) is 0 Å². The first-order valence-electron chi connectivity index (χ1n) is 3.64. The van der Waals surface area contributed by atoms with Crippen LogP contribution in [0, 0.1) is 0 Å². The predicted molar refractivity (Wildman–Crippen MR) is 33.8 cm³/mol. The molecule has 2 aliphatic heterocycles. The Labute approximate surface area is 68.0 Å². The highest BCUT2D eigenvalue weighted by Gasteiger charge is 2.53. The van der Waals surface area contributed by atoms with Gasteiger partial charge in [-0.1, -0.05) is 0 Å². The Balaban J connectivity index is 1.83. The molecule has 0 spiro atoms. The second kappa shape index (κ2) is 2.63. The molecule has 6 nitrogen and oxygen atoms in total. The number of ether oxygens (including phenoxy) is 2. The molecule has 0 aliphatic carbocycles. The number of aliphatic hydroxyl groups is 4. The van der Waals surface area contributed by atoms with Crippen molar-refractivity contribution in [1.82, 2.24) is 0 Å². The summed E-state index contributed by atoms with van der Waals surface area (Å²) in [5.41, 5.74) is 0. The van der Waals surface area contributed by atoms with Crippen LogP contribution in [0.1, 0.15) is 0 Å². The van der Waals surface area contributed by atoms with Crippen LogP contribution in [0.3, 0.4) is 0 Å². The summed E-state index contributed by atoms with van der Waals surface area (Å²) in [6.07, 6.45) is -5.94. The Morgan fingerprint density at radius 2 is 1.08 bits per heavy atom. The van der Waals surface area contributed by atoms with Gasteiger partial charge < -0.3 is 29.9 Å². The quantitative estimate of drug-likeness (QED) is 0.346. The van der Waals surface area contributed by atoms with E-state index in [9.17, 15) is 10.2 Å². The zero-order valence-electron chi connectivity index (χ0n) is 6.07. The maximum absolute atomic E-state index is 9.23. The average Bonchev–Trinajstić information content (AvgIpc) is 2.88. The van der Waals surface area contributed by atoms with Gasteiger partial charge in [-0.2, -0.15) is 0 Å². The topological polar surface area (TPSA) is 106 Å². The van der Waals surface area contributed by atoms with Crippen molar-refractivity contribution < 1.29 is 29.9 Å². The van der Waals surface area contributed by atoms with Gasteiger partial charge in [0.2, 0.25) is 0 Å². The van der Waals surface area contributed by atoms with Crippen molar-refractivity contribution >= 4 is 0 Å². The second-order valence-corrected chi connectivity index (χ2v) is 2.96. The normalized spacial score (nSPS) is 50.0. The van der Waals surface area contributed by atoms with Gasteiger partial charge in [0.15, 0.2) is 12.6 Å². The second-order valence-electron chi connectivity index (χ2n) is 2.96. The zero-order chi connectivity index (χ0) is 8.88. The standard InChI is InChI=1S/C6H10O6/c7-1(3-5(9)11-3)2(8)4-6(10)12-4/h1-10H. The van der Waals surface area contributed by atoms with E-state index >= 15 is 0 Å². The van der Waals surface area contributed by atoms with E-state index in [1.54, 1.807) is 0 Å². The molecule has 2 heterocycles. The first-order chi connectivity index (χ1) is 5.61. The third kappa shape index (κ3) is 1.33. The van der Waals surface area contributed by atoms with Gasteiger partial charge >= 0.3 is 0 Å². The highest BCUT2D eigenvalue weighted by molar-refractivity contribution is 4.95. The lowest BCUT2D eigenvalue weighted by molar-refractivity contribution is -0.0124. The molecule has 6 atom stereocenters. The molecule has 2 saturated heterocycles. The minimum atomic E-state index is -1.21. The van der Waals surface area contributed by atoms with Gasteiger partial charge in [-0.15, -0.1) is 0 Å². The van der Waals surface area contributed by atoms with Gasteiger partial charge in [-0.25, -0.2) is 0 Å². The van der Waals surface area contributed by atoms with Crippen molar-refractivity contribution in [2.24, 2.45) is 0 Å². The van der Waals surface area contributed by atoms with Gasteiger partial charge in [-0.05, 0) is 0 Å². The molecule has 2 fully saturated rings.